The molecule has 3 aromatic heterocycles. The molecule has 0 bridgehead atoms. The molecule has 0 fully saturated rings. The van der Waals surface area contributed by atoms with E-state index >= 15 is 0 Å². The van der Waals surface area contributed by atoms with Gasteiger partial charge in [0.05, 0.1) is 22.5 Å². The van der Waals surface area contributed by atoms with Crippen molar-refractivity contribution in [2.45, 2.75) is 6.92 Å². The number of H-pyrrole nitrogens is 1. The number of carbonyl (C=O) groups excluding carboxylic acids is 1. The van der Waals surface area contributed by atoms with Crippen LogP contribution in [-0.2, 0) is 0 Å². The van der Waals surface area contributed by atoms with Crippen molar-refractivity contribution in [1.29, 1.82) is 0 Å². The Morgan fingerprint density at radius 1 is 1.14 bits per heavy atom. The predicted molar refractivity (Wildman–Crippen MR) is 122 cm³/mol. The number of nitro benzene ring substituents is 1. The first-order valence-corrected chi connectivity index (χ1v) is 10.2. The Morgan fingerprint density at radius 3 is 2.66 bits per heavy atom. The molecular weight excluding hydrogens is 459 g/mol. The lowest BCUT2D eigenvalue weighted by molar-refractivity contribution is -0.384. The maximum absolute atomic E-state index is 13.3. The van der Waals surface area contributed by atoms with Crippen LogP contribution in [0.25, 0.3) is 22.7 Å². The smallest absolute Gasteiger partial charge is 0.270 e. The van der Waals surface area contributed by atoms with E-state index in [-0.39, 0.29) is 34.1 Å². The van der Waals surface area contributed by atoms with E-state index in [1.165, 1.54) is 58.0 Å². The van der Waals surface area contributed by atoms with Crippen LogP contribution in [0, 0.1) is 22.9 Å². The van der Waals surface area contributed by atoms with E-state index in [4.69, 9.17) is 0 Å². The number of anilines is 1. The van der Waals surface area contributed by atoms with Gasteiger partial charge in [-0.15, -0.1) is 0 Å². The fourth-order valence-corrected chi connectivity index (χ4v) is 3.48. The molecule has 13 heteroatoms. The number of aryl methyl sites for hydroxylation is 1. The molecule has 5 rings (SSSR count). The fraction of sp³-hybridized carbons (Fsp3) is 0.0455. The number of benzene rings is 2. The van der Waals surface area contributed by atoms with Crippen LogP contribution < -0.4 is 10.9 Å². The SMILES string of the molecule is Cc1cc(NC(=O)c2cccc([N+](=O)[O-])c2)n(-c2nc3c(cnn3-c3ccc(F)cc3)c(=O)[nH]2)n1. The highest BCUT2D eigenvalue weighted by Gasteiger charge is 2.18. The molecule has 3 heterocycles. The zero-order valence-corrected chi connectivity index (χ0v) is 18.0. The van der Waals surface area contributed by atoms with Gasteiger partial charge in [0.15, 0.2) is 5.65 Å². The highest BCUT2D eigenvalue weighted by atomic mass is 19.1. The number of hydrogen-bond donors (Lipinski definition) is 2. The van der Waals surface area contributed by atoms with E-state index in [1.807, 2.05) is 0 Å². The third kappa shape index (κ3) is 4.01. The van der Waals surface area contributed by atoms with Crippen molar-refractivity contribution in [3.05, 3.63) is 98.3 Å². The summed E-state index contributed by atoms with van der Waals surface area (Å²) in [5.74, 6) is -0.870. The zero-order valence-electron chi connectivity index (χ0n) is 18.0. The Labute approximate surface area is 194 Å². The number of nitrogens with zero attached hydrogens (tertiary/aromatic N) is 6. The van der Waals surface area contributed by atoms with Gasteiger partial charge in [-0.25, -0.2) is 9.07 Å². The molecule has 0 aliphatic heterocycles. The first-order valence-electron chi connectivity index (χ1n) is 10.2. The number of amides is 1. The molecule has 0 aliphatic carbocycles. The van der Waals surface area contributed by atoms with Gasteiger partial charge in [-0.1, -0.05) is 6.07 Å². The van der Waals surface area contributed by atoms with E-state index < -0.39 is 22.2 Å². The summed E-state index contributed by atoms with van der Waals surface area (Å²) in [5, 5.41) is 22.4. The van der Waals surface area contributed by atoms with Crippen molar-refractivity contribution in [3.8, 4) is 11.6 Å². The monoisotopic (exact) mass is 474 g/mol. The normalized spacial score (nSPS) is 11.0. The summed E-state index contributed by atoms with van der Waals surface area (Å²) in [6.07, 6.45) is 1.34. The van der Waals surface area contributed by atoms with Crippen LogP contribution in [0.3, 0.4) is 0 Å². The first-order chi connectivity index (χ1) is 16.8. The average Bonchev–Trinajstić information content (AvgIpc) is 3.43. The molecule has 0 saturated heterocycles. The van der Waals surface area contributed by atoms with E-state index in [0.717, 1.165) is 6.07 Å². The van der Waals surface area contributed by atoms with Gasteiger partial charge in [-0.3, -0.25) is 24.7 Å². The summed E-state index contributed by atoms with van der Waals surface area (Å²) < 4.78 is 16.0. The Kier molecular flexibility index (Phi) is 5.13. The second kappa shape index (κ2) is 8.30. The van der Waals surface area contributed by atoms with Gasteiger partial charge in [0.25, 0.3) is 17.2 Å². The molecule has 174 valence electrons. The molecule has 2 N–H and O–H groups in total. The van der Waals surface area contributed by atoms with E-state index in [1.54, 1.807) is 13.0 Å². The number of rotatable bonds is 5. The number of aromatic amines is 1. The van der Waals surface area contributed by atoms with Gasteiger partial charge in [0, 0.05) is 23.8 Å². The maximum atomic E-state index is 13.3. The van der Waals surface area contributed by atoms with Crippen LogP contribution in [-0.4, -0.2) is 40.4 Å². The molecule has 12 nitrogen and oxygen atoms in total. The second-order valence-corrected chi connectivity index (χ2v) is 7.50. The topological polar surface area (TPSA) is 154 Å². The van der Waals surface area contributed by atoms with Crippen LogP contribution in [0.15, 0.2) is 65.6 Å². The lowest BCUT2D eigenvalue weighted by Crippen LogP contribution is -2.19. The molecule has 0 unspecified atom stereocenters. The van der Waals surface area contributed by atoms with E-state index in [9.17, 15) is 24.1 Å². The molecule has 35 heavy (non-hydrogen) atoms. The Morgan fingerprint density at radius 2 is 1.91 bits per heavy atom. The fourth-order valence-electron chi connectivity index (χ4n) is 3.48. The molecule has 0 saturated carbocycles. The Bertz CT molecular complexity index is 1670. The molecule has 1 amide bonds. The van der Waals surface area contributed by atoms with Crippen molar-refractivity contribution >= 4 is 28.4 Å². The number of non-ortho nitro benzene ring substituents is 1. The molecule has 0 radical (unpaired) electrons. The number of fused-ring (bicyclic) bond motifs is 1. The Hall–Kier alpha value is -5.20. The van der Waals surface area contributed by atoms with Gasteiger partial charge in [0.1, 0.15) is 17.0 Å². The van der Waals surface area contributed by atoms with Crippen LogP contribution in [0.4, 0.5) is 15.9 Å². The molecule has 0 aliphatic rings. The number of halogens is 1. The van der Waals surface area contributed by atoms with Crippen molar-refractivity contribution < 1.29 is 14.1 Å². The summed E-state index contributed by atoms with van der Waals surface area (Å²) in [6, 6.07) is 12.3. The summed E-state index contributed by atoms with van der Waals surface area (Å²) in [6.45, 7) is 1.68. The average molecular weight is 474 g/mol. The second-order valence-electron chi connectivity index (χ2n) is 7.50. The van der Waals surface area contributed by atoms with E-state index in [2.05, 4.69) is 25.5 Å². The van der Waals surface area contributed by atoms with Gasteiger partial charge in [0.2, 0.25) is 5.95 Å². The van der Waals surface area contributed by atoms with Gasteiger partial charge in [-0.2, -0.15) is 19.9 Å². The molecule has 0 spiro atoms. The van der Waals surface area contributed by atoms with Crippen LogP contribution in [0.1, 0.15) is 16.1 Å². The summed E-state index contributed by atoms with van der Waals surface area (Å²) >= 11 is 0. The van der Waals surface area contributed by atoms with Crippen LogP contribution in [0.5, 0.6) is 0 Å². The molecule has 0 atom stereocenters. The van der Waals surface area contributed by atoms with Gasteiger partial charge in [-0.05, 0) is 37.3 Å². The summed E-state index contributed by atoms with van der Waals surface area (Å²) in [7, 11) is 0. The molecule has 5 aromatic rings. The van der Waals surface area contributed by atoms with Crippen LogP contribution in [0.2, 0.25) is 0 Å². The number of carbonyl (C=O) groups is 1. The molecular formula is C22H15FN8O4. The summed E-state index contributed by atoms with van der Waals surface area (Å²) in [5.41, 5.74) is 0.529. The minimum Gasteiger partial charge on any atom is -0.306 e. The van der Waals surface area contributed by atoms with Crippen molar-refractivity contribution in [2.75, 3.05) is 5.32 Å². The number of aromatic nitrogens is 6. The zero-order chi connectivity index (χ0) is 24.7. The minimum atomic E-state index is -0.616. The number of nitro groups is 1. The van der Waals surface area contributed by atoms with Crippen molar-refractivity contribution in [1.82, 2.24) is 29.5 Å². The highest BCUT2D eigenvalue weighted by Crippen LogP contribution is 2.20. The van der Waals surface area contributed by atoms with Crippen LogP contribution >= 0.6 is 0 Å². The standard InChI is InChI=1S/C22H15FN8O4/c1-12-9-18(25-20(32)13-3-2-4-16(10-13)31(34)35)30(28-12)22-26-19-17(21(33)27-22)11-24-29(19)15-7-5-14(23)6-8-15/h2-11H,1H3,(H,25,32)(H,26,27,33). The van der Waals surface area contributed by atoms with Gasteiger partial charge >= 0.3 is 0 Å². The molecule has 2 aromatic carbocycles. The predicted octanol–water partition coefficient (Wildman–Crippen LogP) is 2.90. The minimum absolute atomic E-state index is 0.00574. The maximum Gasteiger partial charge on any atom is 0.270 e. The quantitative estimate of drug-likeness (QED) is 0.293. The Balaban J connectivity index is 1.56. The van der Waals surface area contributed by atoms with Gasteiger partial charge < -0.3 is 5.32 Å². The first kappa shape index (κ1) is 21.6. The lowest BCUT2D eigenvalue weighted by atomic mass is 10.2. The van der Waals surface area contributed by atoms with Crippen molar-refractivity contribution in [3.63, 3.8) is 0 Å². The number of nitrogens with one attached hydrogen (secondary N) is 2. The lowest BCUT2D eigenvalue weighted by Gasteiger charge is -2.09. The number of hydrogen-bond acceptors (Lipinski definition) is 7. The summed E-state index contributed by atoms with van der Waals surface area (Å²) in [4.78, 5) is 43.0. The largest absolute Gasteiger partial charge is 0.306 e. The van der Waals surface area contributed by atoms with E-state index in [0.29, 0.717) is 11.4 Å². The highest BCUT2D eigenvalue weighted by molar-refractivity contribution is 6.04. The van der Waals surface area contributed by atoms with Crippen molar-refractivity contribution in [2.24, 2.45) is 0 Å². The third-order valence-electron chi connectivity index (χ3n) is 5.09. The third-order valence-corrected chi connectivity index (χ3v) is 5.09.